The fraction of sp³-hybridized carbons (Fsp3) is 0.421. The van der Waals surface area contributed by atoms with Crippen LogP contribution in [-0.4, -0.2) is 21.8 Å². The van der Waals surface area contributed by atoms with Crippen LogP contribution < -0.4 is 0 Å². The molecule has 1 aromatic heterocycles. The zero-order valence-electron chi connectivity index (χ0n) is 13.9. The van der Waals surface area contributed by atoms with Crippen molar-refractivity contribution >= 4 is 17.7 Å². The lowest BCUT2D eigenvalue weighted by Gasteiger charge is -2.25. The van der Waals surface area contributed by atoms with Gasteiger partial charge in [0.2, 0.25) is 5.91 Å². The molecular weight excluding hydrogens is 306 g/mol. The summed E-state index contributed by atoms with van der Waals surface area (Å²) in [7, 11) is 0. The van der Waals surface area contributed by atoms with E-state index in [1.807, 2.05) is 42.2 Å². The number of rotatable bonds is 9. The Balaban J connectivity index is 2.04. The summed E-state index contributed by atoms with van der Waals surface area (Å²) in [6.45, 7) is 5.30. The number of carbonyl (C=O) groups is 1. The highest BCUT2D eigenvalue weighted by molar-refractivity contribution is 8.00. The number of hydrogen-bond donors (Lipinski definition) is 0. The van der Waals surface area contributed by atoms with Crippen LogP contribution in [0.1, 0.15) is 38.0 Å². The van der Waals surface area contributed by atoms with Gasteiger partial charge < -0.3 is 9.32 Å². The summed E-state index contributed by atoms with van der Waals surface area (Å²) in [4.78, 5) is 14.7. The third kappa shape index (κ3) is 5.79. The number of benzene rings is 1. The molecule has 1 atom stereocenters. The van der Waals surface area contributed by atoms with E-state index in [0.29, 0.717) is 13.1 Å². The van der Waals surface area contributed by atoms with Gasteiger partial charge in [0.1, 0.15) is 5.76 Å². The summed E-state index contributed by atoms with van der Waals surface area (Å²) in [5.41, 5.74) is 1.14. The lowest BCUT2D eigenvalue weighted by molar-refractivity contribution is -0.131. The molecule has 0 saturated heterocycles. The number of nitrogens with zero attached hydrogens (tertiary/aromatic N) is 1. The van der Waals surface area contributed by atoms with E-state index in [4.69, 9.17) is 4.42 Å². The number of amides is 1. The van der Waals surface area contributed by atoms with E-state index >= 15 is 0 Å². The summed E-state index contributed by atoms with van der Waals surface area (Å²) in [6.07, 6.45) is 3.97. The third-order valence-electron chi connectivity index (χ3n) is 3.67. The van der Waals surface area contributed by atoms with Crippen LogP contribution in [0.2, 0.25) is 0 Å². The van der Waals surface area contributed by atoms with Crippen LogP contribution in [-0.2, 0) is 17.9 Å². The summed E-state index contributed by atoms with van der Waals surface area (Å²) in [5, 5.41) is -0.0276. The van der Waals surface area contributed by atoms with Gasteiger partial charge in [-0.15, -0.1) is 11.8 Å². The van der Waals surface area contributed by atoms with Gasteiger partial charge >= 0.3 is 0 Å². The SMILES string of the molecule is CCCCSC(C)C(=O)N(Cc1ccccc1)Cc1ccco1. The Labute approximate surface area is 143 Å². The molecule has 2 aromatic rings. The van der Waals surface area contributed by atoms with Gasteiger partial charge in [0.05, 0.1) is 18.1 Å². The zero-order chi connectivity index (χ0) is 16.5. The van der Waals surface area contributed by atoms with Gasteiger partial charge in [0.15, 0.2) is 0 Å². The number of hydrogen-bond acceptors (Lipinski definition) is 3. The van der Waals surface area contributed by atoms with E-state index in [2.05, 4.69) is 19.1 Å². The first-order chi connectivity index (χ1) is 11.2. The molecule has 0 aliphatic carbocycles. The van der Waals surface area contributed by atoms with Crippen molar-refractivity contribution in [2.24, 2.45) is 0 Å². The monoisotopic (exact) mass is 331 g/mol. The van der Waals surface area contributed by atoms with Crippen LogP contribution in [0.25, 0.3) is 0 Å². The first-order valence-corrected chi connectivity index (χ1v) is 9.22. The Kier molecular flexibility index (Phi) is 7.27. The van der Waals surface area contributed by atoms with Crippen molar-refractivity contribution in [1.82, 2.24) is 4.90 Å². The zero-order valence-corrected chi connectivity index (χ0v) is 14.7. The molecule has 4 heteroatoms. The first kappa shape index (κ1) is 17.7. The second kappa shape index (κ2) is 9.46. The molecule has 3 nitrogen and oxygen atoms in total. The largest absolute Gasteiger partial charge is 0.467 e. The van der Waals surface area contributed by atoms with Gasteiger partial charge in [-0.05, 0) is 36.8 Å². The maximum Gasteiger partial charge on any atom is 0.236 e. The molecule has 0 radical (unpaired) electrons. The van der Waals surface area contributed by atoms with Crippen molar-refractivity contribution in [2.75, 3.05) is 5.75 Å². The van der Waals surface area contributed by atoms with E-state index < -0.39 is 0 Å². The van der Waals surface area contributed by atoms with Crippen LogP contribution in [0.15, 0.2) is 53.1 Å². The van der Waals surface area contributed by atoms with Crippen molar-refractivity contribution in [3.63, 3.8) is 0 Å². The lowest BCUT2D eigenvalue weighted by Crippen LogP contribution is -2.35. The Morgan fingerprint density at radius 1 is 1.17 bits per heavy atom. The highest BCUT2D eigenvalue weighted by Crippen LogP contribution is 2.19. The Hall–Kier alpha value is -1.68. The standard InChI is InChI=1S/C19H25NO2S/c1-3-4-13-23-16(2)19(21)20(15-18-11-8-12-22-18)14-17-9-6-5-7-10-17/h5-12,16H,3-4,13-15H2,1-2H3. The molecule has 1 unspecified atom stereocenters. The third-order valence-corrected chi connectivity index (χ3v) is 4.89. The van der Waals surface area contributed by atoms with E-state index in [9.17, 15) is 4.79 Å². The molecule has 0 bridgehead atoms. The van der Waals surface area contributed by atoms with Gasteiger partial charge in [-0.1, -0.05) is 43.7 Å². The maximum absolute atomic E-state index is 12.8. The first-order valence-electron chi connectivity index (χ1n) is 8.17. The number of unbranched alkanes of at least 4 members (excludes halogenated alkanes) is 1. The minimum Gasteiger partial charge on any atom is -0.467 e. The van der Waals surface area contributed by atoms with Gasteiger partial charge in [0.25, 0.3) is 0 Å². The Morgan fingerprint density at radius 3 is 2.61 bits per heavy atom. The molecule has 0 saturated carbocycles. The van der Waals surface area contributed by atoms with Crippen molar-refractivity contribution < 1.29 is 9.21 Å². The molecule has 0 fully saturated rings. The number of carbonyl (C=O) groups excluding carboxylic acids is 1. The van der Waals surface area contributed by atoms with Crippen LogP contribution in [0.3, 0.4) is 0 Å². The second-order valence-electron chi connectivity index (χ2n) is 5.63. The molecule has 0 aliphatic heterocycles. The fourth-order valence-corrected chi connectivity index (χ4v) is 3.44. The minimum atomic E-state index is -0.0276. The summed E-state index contributed by atoms with van der Waals surface area (Å²) >= 11 is 1.74. The summed E-state index contributed by atoms with van der Waals surface area (Å²) in [5.74, 6) is 2.02. The van der Waals surface area contributed by atoms with E-state index in [1.54, 1.807) is 18.0 Å². The van der Waals surface area contributed by atoms with Crippen molar-refractivity contribution in [1.29, 1.82) is 0 Å². The Bertz CT molecular complexity index is 568. The van der Waals surface area contributed by atoms with Gasteiger partial charge in [-0.3, -0.25) is 4.79 Å². The highest BCUT2D eigenvalue weighted by atomic mass is 32.2. The van der Waals surface area contributed by atoms with Crippen molar-refractivity contribution in [3.8, 4) is 0 Å². The summed E-state index contributed by atoms with van der Waals surface area (Å²) < 4.78 is 5.43. The molecule has 0 spiro atoms. The normalized spacial score (nSPS) is 12.1. The molecular formula is C19H25NO2S. The second-order valence-corrected chi connectivity index (χ2v) is 7.07. The van der Waals surface area contributed by atoms with Gasteiger partial charge in [-0.2, -0.15) is 0 Å². The quantitative estimate of drug-likeness (QED) is 0.623. The summed E-state index contributed by atoms with van der Waals surface area (Å²) in [6, 6.07) is 13.9. The molecule has 124 valence electrons. The number of furan rings is 1. The van der Waals surface area contributed by atoms with Crippen molar-refractivity contribution in [3.05, 3.63) is 60.1 Å². The number of thioether (sulfide) groups is 1. The van der Waals surface area contributed by atoms with Crippen LogP contribution in [0, 0.1) is 0 Å². The average Bonchev–Trinajstić information content (AvgIpc) is 3.08. The molecule has 0 aliphatic rings. The van der Waals surface area contributed by atoms with E-state index in [1.165, 1.54) is 0 Å². The topological polar surface area (TPSA) is 33.5 Å². The van der Waals surface area contributed by atoms with E-state index in [-0.39, 0.29) is 11.2 Å². The minimum absolute atomic E-state index is 0.0276. The smallest absolute Gasteiger partial charge is 0.236 e. The maximum atomic E-state index is 12.8. The van der Waals surface area contributed by atoms with Crippen LogP contribution in [0.5, 0.6) is 0 Å². The lowest BCUT2D eigenvalue weighted by atomic mass is 10.2. The molecule has 0 N–H and O–H groups in total. The predicted octanol–water partition coefficient (Wildman–Crippen LogP) is 4.73. The highest BCUT2D eigenvalue weighted by Gasteiger charge is 2.22. The molecule has 1 aromatic carbocycles. The van der Waals surface area contributed by atoms with Crippen LogP contribution in [0.4, 0.5) is 0 Å². The van der Waals surface area contributed by atoms with Gasteiger partial charge in [-0.25, -0.2) is 0 Å². The van der Waals surface area contributed by atoms with Crippen LogP contribution >= 0.6 is 11.8 Å². The molecule has 2 rings (SSSR count). The average molecular weight is 331 g/mol. The molecule has 23 heavy (non-hydrogen) atoms. The Morgan fingerprint density at radius 2 is 1.96 bits per heavy atom. The molecule has 1 amide bonds. The van der Waals surface area contributed by atoms with Crippen molar-refractivity contribution in [2.45, 2.75) is 45.0 Å². The van der Waals surface area contributed by atoms with E-state index in [0.717, 1.165) is 29.9 Å². The predicted molar refractivity (Wildman–Crippen MR) is 96.2 cm³/mol. The fourth-order valence-electron chi connectivity index (χ4n) is 2.34. The molecule has 1 heterocycles. The van der Waals surface area contributed by atoms with Gasteiger partial charge in [0, 0.05) is 6.54 Å².